The number of carbonyl (C=O) groups excluding carboxylic acids is 1. The first-order valence-corrected chi connectivity index (χ1v) is 7.58. The first-order valence-electron chi connectivity index (χ1n) is 6.42. The van der Waals surface area contributed by atoms with Crippen molar-refractivity contribution in [1.82, 2.24) is 5.32 Å². The number of nitrogens with one attached hydrogen (secondary N) is 1. The Kier molecular flexibility index (Phi) is 2.88. The van der Waals surface area contributed by atoms with Crippen LogP contribution in [0.2, 0.25) is 0 Å². The number of hydrogen-bond donors (Lipinski definition) is 2. The third kappa shape index (κ3) is 1.85. The molecule has 18 heavy (non-hydrogen) atoms. The molecule has 2 bridgehead atoms. The van der Waals surface area contributed by atoms with Gasteiger partial charge in [0, 0.05) is 11.7 Å². The minimum atomic E-state index is -1.02. The van der Waals surface area contributed by atoms with Gasteiger partial charge < -0.3 is 10.4 Å². The molecule has 0 aromatic carbocycles. The van der Waals surface area contributed by atoms with E-state index in [-0.39, 0.29) is 11.8 Å². The number of amides is 1. The summed E-state index contributed by atoms with van der Waals surface area (Å²) >= 11 is 1.60. The van der Waals surface area contributed by atoms with E-state index < -0.39 is 11.5 Å². The van der Waals surface area contributed by atoms with Crippen LogP contribution in [-0.2, 0) is 9.59 Å². The number of fused-ring (bicyclic) bond motifs is 2. The third-order valence-electron chi connectivity index (χ3n) is 4.41. The molecule has 1 saturated heterocycles. The molecule has 1 saturated carbocycles. The van der Waals surface area contributed by atoms with Crippen LogP contribution in [0.25, 0.3) is 0 Å². The van der Waals surface area contributed by atoms with Crippen LogP contribution in [-0.4, -0.2) is 34.0 Å². The van der Waals surface area contributed by atoms with Crippen LogP contribution in [0.15, 0.2) is 12.2 Å². The van der Waals surface area contributed by atoms with Crippen LogP contribution in [0, 0.1) is 17.8 Å². The van der Waals surface area contributed by atoms with Gasteiger partial charge in [-0.25, -0.2) is 4.79 Å². The van der Waals surface area contributed by atoms with Crippen molar-refractivity contribution in [3.8, 4) is 0 Å². The molecule has 5 heteroatoms. The van der Waals surface area contributed by atoms with Gasteiger partial charge in [0.05, 0.1) is 0 Å². The molecule has 2 N–H and O–H groups in total. The second kappa shape index (κ2) is 4.30. The highest BCUT2D eigenvalue weighted by Crippen LogP contribution is 2.44. The standard InChI is InChI=1S/C13H17NO3S/c15-11(10-6-8-1-2-9(10)5-8)14-13(12(16)17)3-4-18-7-13/h1-2,8-10H,3-7H2,(H,14,15)(H,16,17). The summed E-state index contributed by atoms with van der Waals surface area (Å²) in [5.41, 5.74) is -1.02. The van der Waals surface area contributed by atoms with E-state index in [0.717, 1.165) is 18.6 Å². The van der Waals surface area contributed by atoms with Gasteiger partial charge in [-0.15, -0.1) is 0 Å². The highest BCUT2D eigenvalue weighted by Gasteiger charge is 2.47. The Morgan fingerprint density at radius 3 is 2.67 bits per heavy atom. The summed E-state index contributed by atoms with van der Waals surface area (Å²) < 4.78 is 0. The topological polar surface area (TPSA) is 66.4 Å². The van der Waals surface area contributed by atoms with Crippen LogP contribution in [0.3, 0.4) is 0 Å². The molecule has 2 fully saturated rings. The quantitative estimate of drug-likeness (QED) is 0.756. The molecule has 0 aromatic heterocycles. The molecule has 98 valence electrons. The normalized spacial score (nSPS) is 41.2. The zero-order chi connectivity index (χ0) is 12.8. The van der Waals surface area contributed by atoms with E-state index in [0.29, 0.717) is 24.0 Å². The van der Waals surface area contributed by atoms with Crippen LogP contribution < -0.4 is 5.32 Å². The summed E-state index contributed by atoms with van der Waals surface area (Å²) in [5, 5.41) is 12.2. The van der Waals surface area contributed by atoms with E-state index in [9.17, 15) is 14.7 Å². The smallest absolute Gasteiger partial charge is 0.330 e. The van der Waals surface area contributed by atoms with Gasteiger partial charge in [0.1, 0.15) is 5.54 Å². The SMILES string of the molecule is O=C(NC1(C(=O)O)CCSC1)C1CC2C=CC1C2. The van der Waals surface area contributed by atoms with Crippen LogP contribution in [0.5, 0.6) is 0 Å². The van der Waals surface area contributed by atoms with Crippen LogP contribution >= 0.6 is 11.8 Å². The van der Waals surface area contributed by atoms with Crippen molar-refractivity contribution in [2.75, 3.05) is 11.5 Å². The molecule has 0 radical (unpaired) electrons. The van der Waals surface area contributed by atoms with E-state index in [2.05, 4.69) is 17.5 Å². The minimum Gasteiger partial charge on any atom is -0.479 e. The van der Waals surface area contributed by atoms with E-state index in [1.807, 2.05) is 0 Å². The number of carbonyl (C=O) groups is 2. The predicted octanol–water partition coefficient (Wildman–Crippen LogP) is 1.28. The first-order chi connectivity index (χ1) is 8.61. The van der Waals surface area contributed by atoms with E-state index in [4.69, 9.17) is 0 Å². The Bertz CT molecular complexity index is 414. The van der Waals surface area contributed by atoms with Gasteiger partial charge in [-0.3, -0.25) is 4.79 Å². The van der Waals surface area contributed by atoms with Crippen molar-refractivity contribution in [3.05, 3.63) is 12.2 Å². The fourth-order valence-electron chi connectivity index (χ4n) is 3.30. The van der Waals surface area contributed by atoms with Crippen molar-refractivity contribution >= 4 is 23.6 Å². The maximum atomic E-state index is 12.3. The van der Waals surface area contributed by atoms with E-state index in [1.54, 1.807) is 11.8 Å². The summed E-state index contributed by atoms with van der Waals surface area (Å²) in [6.07, 6.45) is 6.79. The monoisotopic (exact) mass is 267 g/mol. The average molecular weight is 267 g/mol. The van der Waals surface area contributed by atoms with E-state index in [1.165, 1.54) is 0 Å². The fourth-order valence-corrected chi connectivity index (χ4v) is 4.62. The second-order valence-corrected chi connectivity index (χ2v) is 6.67. The van der Waals surface area contributed by atoms with Crippen molar-refractivity contribution in [1.29, 1.82) is 0 Å². The molecule has 1 heterocycles. The van der Waals surface area contributed by atoms with Crippen molar-refractivity contribution in [3.63, 3.8) is 0 Å². The van der Waals surface area contributed by atoms with Gasteiger partial charge in [-0.05, 0) is 36.9 Å². The predicted molar refractivity (Wildman–Crippen MR) is 69.3 cm³/mol. The Balaban J connectivity index is 1.70. The van der Waals surface area contributed by atoms with Crippen molar-refractivity contribution < 1.29 is 14.7 Å². The molecular formula is C13H17NO3S. The molecule has 4 nitrogen and oxygen atoms in total. The molecule has 1 amide bonds. The Morgan fingerprint density at radius 2 is 2.17 bits per heavy atom. The molecule has 0 aromatic rings. The van der Waals surface area contributed by atoms with Crippen molar-refractivity contribution in [2.45, 2.75) is 24.8 Å². The number of carboxylic acids is 1. The second-order valence-electron chi connectivity index (χ2n) is 5.57. The Morgan fingerprint density at radius 1 is 1.33 bits per heavy atom. The Hall–Kier alpha value is -0.970. The van der Waals surface area contributed by atoms with E-state index >= 15 is 0 Å². The summed E-state index contributed by atoms with van der Waals surface area (Å²) in [6.45, 7) is 0. The van der Waals surface area contributed by atoms with Gasteiger partial charge in [-0.1, -0.05) is 12.2 Å². The van der Waals surface area contributed by atoms with Gasteiger partial charge in [-0.2, -0.15) is 11.8 Å². The molecule has 3 rings (SSSR count). The first kappa shape index (κ1) is 12.1. The molecule has 1 aliphatic heterocycles. The molecule has 3 aliphatic rings. The summed E-state index contributed by atoms with van der Waals surface area (Å²) in [5.74, 6) is 1.20. The lowest BCUT2D eigenvalue weighted by molar-refractivity contribution is -0.147. The lowest BCUT2D eigenvalue weighted by Crippen LogP contribution is -2.56. The summed E-state index contributed by atoms with van der Waals surface area (Å²) in [7, 11) is 0. The molecule has 2 aliphatic carbocycles. The largest absolute Gasteiger partial charge is 0.479 e. The number of rotatable bonds is 3. The number of allylic oxidation sites excluding steroid dienone is 2. The molecule has 4 atom stereocenters. The van der Waals surface area contributed by atoms with Crippen LogP contribution in [0.4, 0.5) is 0 Å². The highest BCUT2D eigenvalue weighted by atomic mass is 32.2. The zero-order valence-corrected chi connectivity index (χ0v) is 10.9. The number of aliphatic carboxylic acids is 1. The average Bonchev–Trinajstić information content (AvgIpc) is 3.04. The number of carboxylic acid groups (broad SMARTS) is 1. The van der Waals surface area contributed by atoms with Gasteiger partial charge in [0.15, 0.2) is 0 Å². The lowest BCUT2D eigenvalue weighted by atomic mass is 9.90. The highest BCUT2D eigenvalue weighted by molar-refractivity contribution is 7.99. The maximum Gasteiger partial charge on any atom is 0.330 e. The fraction of sp³-hybridized carbons (Fsp3) is 0.692. The van der Waals surface area contributed by atoms with Gasteiger partial charge in [0.2, 0.25) is 5.91 Å². The zero-order valence-electron chi connectivity index (χ0n) is 10.1. The third-order valence-corrected chi connectivity index (χ3v) is 5.60. The lowest BCUT2D eigenvalue weighted by Gasteiger charge is -2.28. The molecular weight excluding hydrogens is 250 g/mol. The minimum absolute atomic E-state index is 0.0122. The number of thioether (sulfide) groups is 1. The molecule has 4 unspecified atom stereocenters. The Labute approximate surface area is 110 Å². The summed E-state index contributed by atoms with van der Waals surface area (Å²) in [6, 6.07) is 0. The maximum absolute atomic E-state index is 12.3. The van der Waals surface area contributed by atoms with Crippen molar-refractivity contribution in [2.24, 2.45) is 17.8 Å². The van der Waals surface area contributed by atoms with Gasteiger partial charge >= 0.3 is 5.97 Å². The van der Waals surface area contributed by atoms with Gasteiger partial charge in [0.25, 0.3) is 0 Å². The van der Waals surface area contributed by atoms with Crippen LogP contribution in [0.1, 0.15) is 19.3 Å². The number of hydrogen-bond acceptors (Lipinski definition) is 3. The summed E-state index contributed by atoms with van der Waals surface area (Å²) in [4.78, 5) is 23.7. The molecule has 0 spiro atoms.